The number of methoxy groups -OCH3 is 1. The fourth-order valence-corrected chi connectivity index (χ4v) is 3.68. The molecule has 2 rings (SSSR count). The molecule has 1 aromatic rings. The molecule has 1 saturated heterocycles. The van der Waals surface area contributed by atoms with E-state index in [1.54, 1.807) is 6.92 Å². The minimum atomic E-state index is -1.21. The molecule has 1 amide bonds. The van der Waals surface area contributed by atoms with Gasteiger partial charge < -0.3 is 24.3 Å². The van der Waals surface area contributed by atoms with Crippen molar-refractivity contribution in [1.82, 2.24) is 14.9 Å². The molecule has 1 aliphatic heterocycles. The Morgan fingerprint density at radius 2 is 1.97 bits per heavy atom. The van der Waals surface area contributed by atoms with Crippen LogP contribution in [0.2, 0.25) is 0 Å². The van der Waals surface area contributed by atoms with Crippen LogP contribution >= 0.6 is 15.9 Å². The third-order valence-electron chi connectivity index (χ3n) is 4.48. The Morgan fingerprint density at radius 1 is 1.29 bits per heavy atom. The van der Waals surface area contributed by atoms with Gasteiger partial charge in [-0.25, -0.2) is 4.79 Å². The molecule has 31 heavy (non-hydrogen) atoms. The van der Waals surface area contributed by atoms with Gasteiger partial charge in [-0.15, -0.1) is 0 Å². The van der Waals surface area contributed by atoms with Crippen LogP contribution in [0.15, 0.2) is 20.3 Å². The van der Waals surface area contributed by atoms with E-state index >= 15 is 0 Å². The van der Waals surface area contributed by atoms with Gasteiger partial charge in [0.2, 0.25) is 5.91 Å². The highest BCUT2D eigenvalue weighted by Gasteiger charge is 2.52. The van der Waals surface area contributed by atoms with Crippen molar-refractivity contribution in [3.63, 3.8) is 0 Å². The number of hydrogen-bond donors (Lipinski definition) is 2. The van der Waals surface area contributed by atoms with Crippen LogP contribution in [-0.2, 0) is 33.3 Å². The van der Waals surface area contributed by atoms with Crippen LogP contribution in [0.25, 0.3) is 0 Å². The molecule has 13 heteroatoms. The first-order chi connectivity index (χ1) is 14.6. The summed E-state index contributed by atoms with van der Waals surface area (Å²) >= 11 is 3.04. The molecule has 0 bridgehead atoms. The van der Waals surface area contributed by atoms with E-state index in [9.17, 15) is 24.0 Å². The Labute approximate surface area is 185 Å². The number of amides is 1. The summed E-state index contributed by atoms with van der Waals surface area (Å²) in [6.07, 6.45) is -3.35. The van der Waals surface area contributed by atoms with Gasteiger partial charge in [0.15, 0.2) is 12.3 Å². The first kappa shape index (κ1) is 24.8. The van der Waals surface area contributed by atoms with Gasteiger partial charge in [0.25, 0.3) is 5.56 Å². The summed E-state index contributed by atoms with van der Waals surface area (Å²) in [4.78, 5) is 61.8. The van der Waals surface area contributed by atoms with Crippen molar-refractivity contribution in [3.05, 3.63) is 31.5 Å². The van der Waals surface area contributed by atoms with Crippen molar-refractivity contribution < 1.29 is 33.3 Å². The molecular weight excluding hydrogens is 482 g/mol. The molecule has 0 radical (unpaired) electrons. The number of aromatic amines is 1. The highest BCUT2D eigenvalue weighted by atomic mass is 79.9. The zero-order valence-corrected chi connectivity index (χ0v) is 19.0. The van der Waals surface area contributed by atoms with Crippen molar-refractivity contribution in [2.24, 2.45) is 0 Å². The average molecular weight is 506 g/mol. The normalized spacial score (nSPS) is 23.8. The minimum Gasteiger partial charge on any atom is -0.466 e. The zero-order valence-electron chi connectivity index (χ0n) is 17.4. The van der Waals surface area contributed by atoms with Crippen LogP contribution in [-0.4, -0.2) is 65.5 Å². The maximum Gasteiger partial charge on any atom is 0.330 e. The molecule has 2 N–H and O–H groups in total. The molecule has 12 nitrogen and oxygen atoms in total. The molecule has 0 aliphatic carbocycles. The van der Waals surface area contributed by atoms with E-state index in [1.807, 2.05) is 0 Å². The molecule has 2 heterocycles. The Balaban J connectivity index is 2.50. The van der Waals surface area contributed by atoms with E-state index in [0.29, 0.717) is 0 Å². The molecule has 0 aromatic carbocycles. The number of carbonyl (C=O) groups is 3. The van der Waals surface area contributed by atoms with Gasteiger partial charge in [-0.05, 0) is 22.9 Å². The summed E-state index contributed by atoms with van der Waals surface area (Å²) in [5.41, 5.74) is -1.46. The predicted molar refractivity (Wildman–Crippen MR) is 108 cm³/mol. The van der Waals surface area contributed by atoms with Crippen LogP contribution in [0.3, 0.4) is 0 Å². The van der Waals surface area contributed by atoms with E-state index in [2.05, 4.69) is 26.2 Å². The molecule has 5 atom stereocenters. The van der Waals surface area contributed by atoms with E-state index in [1.165, 1.54) is 27.2 Å². The fourth-order valence-electron chi connectivity index (χ4n) is 3.36. The number of rotatable bonds is 8. The van der Waals surface area contributed by atoms with E-state index < -0.39 is 59.7 Å². The number of carbonyl (C=O) groups excluding carboxylic acids is 3. The van der Waals surface area contributed by atoms with E-state index in [0.717, 1.165) is 4.57 Å². The van der Waals surface area contributed by atoms with Gasteiger partial charge in [0.1, 0.15) is 12.2 Å². The maximum atomic E-state index is 12.4. The number of aromatic nitrogens is 2. The SMILES string of the molecule is CCOC(=O)CC(NC(C)=O)C1O[C@H](n2cc(Br)c(=O)[nH]c2=O)[C@H](OC(C)=O)[C@H]1OC. The monoisotopic (exact) mass is 505 g/mol. The Morgan fingerprint density at radius 3 is 2.52 bits per heavy atom. The Kier molecular flexibility index (Phi) is 8.53. The number of ether oxygens (including phenoxy) is 4. The van der Waals surface area contributed by atoms with Gasteiger partial charge in [-0.2, -0.15) is 0 Å². The summed E-state index contributed by atoms with van der Waals surface area (Å²) in [5, 5.41) is 2.62. The quantitative estimate of drug-likeness (QED) is 0.448. The second kappa shape index (κ2) is 10.7. The van der Waals surface area contributed by atoms with Gasteiger partial charge >= 0.3 is 17.6 Å². The molecule has 0 saturated carbocycles. The Bertz CT molecular complexity index is 944. The molecule has 1 aromatic heterocycles. The van der Waals surface area contributed by atoms with Crippen molar-refractivity contribution in [2.45, 2.75) is 57.8 Å². The molecule has 1 aliphatic rings. The average Bonchev–Trinajstić information content (AvgIpc) is 3.01. The fraction of sp³-hybridized carbons (Fsp3) is 0.611. The number of H-pyrrole nitrogens is 1. The lowest BCUT2D eigenvalue weighted by Gasteiger charge is -2.27. The number of halogens is 1. The lowest BCUT2D eigenvalue weighted by atomic mass is 10.00. The molecule has 172 valence electrons. The highest BCUT2D eigenvalue weighted by molar-refractivity contribution is 9.10. The highest BCUT2D eigenvalue weighted by Crippen LogP contribution is 2.35. The number of nitrogens with zero attached hydrogens (tertiary/aromatic N) is 1. The second-order valence-electron chi connectivity index (χ2n) is 6.73. The second-order valence-corrected chi connectivity index (χ2v) is 7.58. The first-order valence-electron chi connectivity index (χ1n) is 9.38. The number of nitrogens with one attached hydrogen (secondary N) is 2. The lowest BCUT2D eigenvalue weighted by Crippen LogP contribution is -2.50. The van der Waals surface area contributed by atoms with Crippen LogP contribution in [0.4, 0.5) is 0 Å². The first-order valence-corrected chi connectivity index (χ1v) is 10.2. The lowest BCUT2D eigenvalue weighted by molar-refractivity contribution is -0.157. The van der Waals surface area contributed by atoms with Gasteiger partial charge in [-0.1, -0.05) is 0 Å². The summed E-state index contributed by atoms with van der Waals surface area (Å²) in [6, 6.07) is -0.911. The summed E-state index contributed by atoms with van der Waals surface area (Å²) < 4.78 is 22.8. The summed E-state index contributed by atoms with van der Waals surface area (Å²) in [5.74, 6) is -1.69. The third kappa shape index (κ3) is 6.02. The van der Waals surface area contributed by atoms with E-state index in [-0.39, 0.29) is 17.5 Å². The van der Waals surface area contributed by atoms with Crippen LogP contribution in [0.5, 0.6) is 0 Å². The van der Waals surface area contributed by atoms with E-state index in [4.69, 9.17) is 18.9 Å². The topological polar surface area (TPSA) is 155 Å². The number of hydrogen-bond acceptors (Lipinski definition) is 9. The Hall–Kier alpha value is -2.51. The third-order valence-corrected chi connectivity index (χ3v) is 5.04. The molecule has 0 spiro atoms. The minimum absolute atomic E-state index is 0.0413. The maximum absolute atomic E-state index is 12.4. The zero-order chi connectivity index (χ0) is 23.3. The molecule has 1 fully saturated rings. The largest absolute Gasteiger partial charge is 0.466 e. The van der Waals surface area contributed by atoms with Crippen LogP contribution in [0.1, 0.15) is 33.4 Å². The van der Waals surface area contributed by atoms with Gasteiger partial charge in [0, 0.05) is 27.2 Å². The summed E-state index contributed by atoms with van der Waals surface area (Å²) in [7, 11) is 1.33. The van der Waals surface area contributed by atoms with Gasteiger partial charge in [-0.3, -0.25) is 28.7 Å². The molecule has 2 unspecified atom stereocenters. The van der Waals surface area contributed by atoms with Crippen LogP contribution in [0, 0.1) is 0 Å². The molecular formula is C18H24BrN3O9. The van der Waals surface area contributed by atoms with Crippen molar-refractivity contribution in [3.8, 4) is 0 Å². The summed E-state index contributed by atoms with van der Waals surface area (Å²) in [6.45, 7) is 4.22. The smallest absolute Gasteiger partial charge is 0.330 e. The van der Waals surface area contributed by atoms with Crippen molar-refractivity contribution >= 4 is 33.8 Å². The van der Waals surface area contributed by atoms with Crippen molar-refractivity contribution in [1.29, 1.82) is 0 Å². The van der Waals surface area contributed by atoms with Gasteiger partial charge in [0.05, 0.1) is 23.5 Å². The number of esters is 2. The standard InChI is InChI=1S/C18H24BrN3O9/c1-5-29-12(25)6-11(20-8(2)23)13-14(28-4)15(30-9(3)24)17(31-13)22-7-10(19)16(26)21-18(22)27/h7,11,13-15,17H,5-6H2,1-4H3,(H,20,23)(H,21,26,27)/t11?,13?,14-,15+,17-/m0/s1. The van der Waals surface area contributed by atoms with Crippen LogP contribution < -0.4 is 16.6 Å². The van der Waals surface area contributed by atoms with Crippen molar-refractivity contribution in [2.75, 3.05) is 13.7 Å². The predicted octanol–water partition coefficient (Wildman–Crippen LogP) is -0.399.